The third kappa shape index (κ3) is 2.65. The molecule has 0 fully saturated rings. The molecule has 0 atom stereocenters. The molecule has 136 valence electrons. The molecule has 2 aromatic heterocycles. The van der Waals surface area contributed by atoms with E-state index < -0.39 is 0 Å². The molecule has 14 radical (unpaired) electrons. The van der Waals surface area contributed by atoms with Gasteiger partial charge in [-0.3, -0.25) is 0 Å². The third-order valence-corrected chi connectivity index (χ3v) is 6.43. The van der Waals surface area contributed by atoms with E-state index in [2.05, 4.69) is 11.1 Å². The van der Waals surface area contributed by atoms with E-state index in [9.17, 15) is 0 Å². The molecule has 0 saturated carbocycles. The third-order valence-electron chi connectivity index (χ3n) is 6.43. The second kappa shape index (κ2) is 6.97. The van der Waals surface area contributed by atoms with Crippen LogP contribution in [0.1, 0.15) is 0 Å². The Balaban J connectivity index is 1.79. The molecule has 2 nitrogen and oxygen atoms in total. The molecule has 0 aliphatic heterocycles. The highest BCUT2D eigenvalue weighted by Gasteiger charge is 2.22. The van der Waals surface area contributed by atoms with E-state index >= 15 is 0 Å². The molecule has 1 N–H and O–H groups in total. The fourth-order valence-electron chi connectivity index (χ4n) is 4.68. The monoisotopic (exact) mass is 403 g/mol. The van der Waals surface area contributed by atoms with Crippen LogP contribution in [0.3, 0.4) is 0 Å². The van der Waals surface area contributed by atoms with Crippen LogP contribution in [-0.2, 0) is 0 Å². The number of benzene rings is 4. The molecule has 0 bridgehead atoms. The van der Waals surface area contributed by atoms with Crippen molar-refractivity contribution in [2.45, 2.75) is 0 Å². The largest absolute Gasteiger partial charge is 0.456 e. The molecule has 0 aliphatic rings. The van der Waals surface area contributed by atoms with Crippen molar-refractivity contribution in [3.05, 3.63) is 42.5 Å². The molecule has 0 unspecified atom stereocenters. The van der Waals surface area contributed by atoms with Crippen LogP contribution in [0.2, 0.25) is 0 Å². The first-order valence-corrected chi connectivity index (χ1v) is 10.2. The maximum absolute atomic E-state index is 6.49. The van der Waals surface area contributed by atoms with Gasteiger partial charge in [-0.05, 0) is 23.8 Å². The molecule has 33 heavy (non-hydrogen) atoms. The summed E-state index contributed by atoms with van der Waals surface area (Å²) in [6, 6.07) is 14.0. The van der Waals surface area contributed by atoms with Gasteiger partial charge in [-0.1, -0.05) is 46.1 Å². The SMILES string of the molecule is [B]c1c([B])c([B])c2c(oc3c(-c4ccc5[nH]c6ccccc6c5c4)c([B])c([B])c([B])c32)c1[B]. The van der Waals surface area contributed by atoms with Crippen molar-refractivity contribution in [3.63, 3.8) is 0 Å². The Kier molecular flexibility index (Phi) is 4.33. The number of H-pyrrole nitrogens is 1. The van der Waals surface area contributed by atoms with Gasteiger partial charge in [-0.25, -0.2) is 0 Å². The number of para-hydroxylation sites is 1. The summed E-state index contributed by atoms with van der Waals surface area (Å²) >= 11 is 0. The molecule has 0 aliphatic carbocycles. The second-order valence-electron chi connectivity index (χ2n) is 8.21. The second-order valence-corrected chi connectivity index (χ2v) is 8.21. The summed E-state index contributed by atoms with van der Waals surface area (Å²) in [6.45, 7) is 0. The lowest BCUT2D eigenvalue weighted by atomic mass is 9.64. The van der Waals surface area contributed by atoms with E-state index in [1.54, 1.807) is 0 Å². The number of aromatic amines is 1. The van der Waals surface area contributed by atoms with E-state index in [1.165, 1.54) is 0 Å². The van der Waals surface area contributed by atoms with Crippen LogP contribution in [0.15, 0.2) is 46.9 Å². The lowest BCUT2D eigenvalue weighted by Gasteiger charge is -2.16. The van der Waals surface area contributed by atoms with Crippen molar-refractivity contribution >= 4 is 137 Å². The number of hydrogen-bond donors (Lipinski definition) is 1. The highest BCUT2D eigenvalue weighted by Crippen LogP contribution is 2.34. The molecule has 2 heterocycles. The average Bonchev–Trinajstić information content (AvgIpc) is 3.39. The molecular weight excluding hydrogens is 394 g/mol. The van der Waals surface area contributed by atoms with E-state index in [-0.39, 0.29) is 32.8 Å². The molecule has 0 spiro atoms. The van der Waals surface area contributed by atoms with Crippen LogP contribution in [0, 0.1) is 0 Å². The summed E-state index contributed by atoms with van der Waals surface area (Å²) in [7, 11) is 43.9. The molecule has 6 rings (SSSR count). The van der Waals surface area contributed by atoms with Crippen LogP contribution >= 0.6 is 0 Å². The zero-order valence-electron chi connectivity index (χ0n) is 17.5. The molecule has 9 heteroatoms. The average molecular weight is 402 g/mol. The van der Waals surface area contributed by atoms with Crippen LogP contribution in [0.25, 0.3) is 54.9 Å². The van der Waals surface area contributed by atoms with E-state index in [0.717, 1.165) is 27.4 Å². The van der Waals surface area contributed by atoms with Gasteiger partial charge in [0.2, 0.25) is 0 Å². The number of rotatable bonds is 1. The smallest absolute Gasteiger partial charge is 0.141 e. The van der Waals surface area contributed by atoms with Gasteiger partial charge in [0, 0.05) is 38.1 Å². The first kappa shape index (κ1) is 20.5. The summed E-state index contributed by atoms with van der Waals surface area (Å²) in [5, 5.41) is 3.09. The minimum Gasteiger partial charge on any atom is -0.456 e. The highest BCUT2D eigenvalue weighted by molar-refractivity contribution is 6.69. The summed E-state index contributed by atoms with van der Waals surface area (Å²) in [4.78, 5) is 3.42. The summed E-state index contributed by atoms with van der Waals surface area (Å²) < 4.78 is 6.22. The number of aromatic nitrogens is 1. The Morgan fingerprint density at radius 1 is 0.545 bits per heavy atom. The number of nitrogens with one attached hydrogen (secondary N) is 1. The van der Waals surface area contributed by atoms with E-state index in [0.29, 0.717) is 33.0 Å². The fourth-order valence-corrected chi connectivity index (χ4v) is 4.68. The normalized spacial score (nSPS) is 11.9. The fraction of sp³-hybridized carbons (Fsp3) is 0. The minimum absolute atomic E-state index is 0.153. The summed E-state index contributed by atoms with van der Waals surface area (Å²) in [5.74, 6) is 0. The standard InChI is InChI=1S/C24H8B7NO/c25-16-13(8-5-6-12-10(7-8)9-3-1-2-4-11(9)32-12)23-14(17(26)19(16)28)15-18(27)20(29)21(30)22(31)24(15)33-23/h1-7,32H. The van der Waals surface area contributed by atoms with Gasteiger partial charge in [0.15, 0.2) is 0 Å². The molecular formula is C24H8B7NO. The number of hydrogen-bond acceptors (Lipinski definition) is 1. The van der Waals surface area contributed by atoms with Crippen molar-refractivity contribution in [1.29, 1.82) is 0 Å². The van der Waals surface area contributed by atoms with Gasteiger partial charge < -0.3 is 9.40 Å². The van der Waals surface area contributed by atoms with Gasteiger partial charge >= 0.3 is 0 Å². The predicted octanol–water partition coefficient (Wildman–Crippen LogP) is -1.56. The van der Waals surface area contributed by atoms with Crippen molar-refractivity contribution in [2.24, 2.45) is 0 Å². The van der Waals surface area contributed by atoms with Crippen molar-refractivity contribution in [3.8, 4) is 11.1 Å². The first-order valence-electron chi connectivity index (χ1n) is 10.2. The summed E-state index contributed by atoms with van der Waals surface area (Å²) in [5.41, 5.74) is 5.64. The molecule has 0 saturated heterocycles. The van der Waals surface area contributed by atoms with Gasteiger partial charge in [-0.15, -0.1) is 16.4 Å². The van der Waals surface area contributed by atoms with Gasteiger partial charge in [0.25, 0.3) is 0 Å². The topological polar surface area (TPSA) is 28.9 Å². The maximum atomic E-state index is 6.49. The zero-order chi connectivity index (χ0) is 23.2. The maximum Gasteiger partial charge on any atom is 0.141 e. The van der Waals surface area contributed by atoms with Gasteiger partial charge in [0.05, 0.1) is 0 Å². The van der Waals surface area contributed by atoms with E-state index in [1.807, 2.05) is 36.4 Å². The van der Waals surface area contributed by atoms with Crippen LogP contribution in [-0.4, -0.2) is 59.9 Å². The van der Waals surface area contributed by atoms with Crippen molar-refractivity contribution in [1.82, 2.24) is 4.98 Å². The van der Waals surface area contributed by atoms with Crippen LogP contribution in [0.4, 0.5) is 0 Å². The van der Waals surface area contributed by atoms with E-state index in [4.69, 9.17) is 59.3 Å². The summed E-state index contributed by atoms with van der Waals surface area (Å²) in [6.07, 6.45) is 0. The quantitative estimate of drug-likeness (QED) is 0.332. The van der Waals surface area contributed by atoms with Gasteiger partial charge in [0.1, 0.15) is 66.1 Å². The number of furan rings is 1. The predicted molar refractivity (Wildman–Crippen MR) is 146 cm³/mol. The Morgan fingerprint density at radius 3 is 1.91 bits per heavy atom. The van der Waals surface area contributed by atoms with Crippen LogP contribution < -0.4 is 38.2 Å². The zero-order valence-corrected chi connectivity index (χ0v) is 17.5. The Bertz CT molecular complexity index is 1800. The van der Waals surface area contributed by atoms with Crippen molar-refractivity contribution < 1.29 is 4.42 Å². The molecule has 4 aromatic carbocycles. The Labute approximate surface area is 199 Å². The Hall–Kier alpha value is -3.07. The van der Waals surface area contributed by atoms with Crippen LogP contribution in [0.5, 0.6) is 0 Å². The highest BCUT2D eigenvalue weighted by atomic mass is 16.3. The molecule has 6 aromatic rings. The van der Waals surface area contributed by atoms with Gasteiger partial charge in [-0.2, -0.15) is 0 Å². The molecule has 0 amide bonds. The minimum atomic E-state index is 0.153. The number of fused-ring (bicyclic) bond motifs is 6. The Morgan fingerprint density at radius 2 is 1.15 bits per heavy atom. The van der Waals surface area contributed by atoms with Crippen molar-refractivity contribution in [2.75, 3.05) is 0 Å². The lowest BCUT2D eigenvalue weighted by molar-refractivity contribution is 0.673. The lowest BCUT2D eigenvalue weighted by Crippen LogP contribution is -2.47. The first-order chi connectivity index (χ1) is 15.8.